The summed E-state index contributed by atoms with van der Waals surface area (Å²) in [4.78, 5) is 17.3. The van der Waals surface area contributed by atoms with Crippen molar-refractivity contribution in [2.24, 2.45) is 0 Å². The second-order valence-electron chi connectivity index (χ2n) is 12.5. The fraction of sp³-hybridized carbons (Fsp3) is 0.548. The maximum absolute atomic E-state index is 15.1. The highest BCUT2D eigenvalue weighted by atomic mass is 19.1. The summed E-state index contributed by atoms with van der Waals surface area (Å²) in [7, 11) is 0. The number of piperazine rings is 1. The van der Waals surface area contributed by atoms with Crippen LogP contribution in [0.4, 0.5) is 15.9 Å². The second kappa shape index (κ2) is 9.45. The normalized spacial score (nSPS) is 25.4. The lowest BCUT2D eigenvalue weighted by Crippen LogP contribution is -2.52. The number of phenolic OH excluding ortho intramolecular Hbond substituents is 1. The van der Waals surface area contributed by atoms with Crippen LogP contribution >= 0.6 is 0 Å². The van der Waals surface area contributed by atoms with Gasteiger partial charge in [0, 0.05) is 48.7 Å². The molecule has 40 heavy (non-hydrogen) atoms. The number of hydrogen-bond donors (Lipinski definition) is 2. The number of phenols is 1. The molecule has 4 fully saturated rings. The summed E-state index contributed by atoms with van der Waals surface area (Å²) in [6.07, 6.45) is 7.98. The van der Waals surface area contributed by atoms with Gasteiger partial charge in [-0.25, -0.2) is 4.39 Å². The second-order valence-corrected chi connectivity index (χ2v) is 12.5. The minimum Gasteiger partial charge on any atom is -0.508 e. The Labute approximate surface area is 234 Å². The molecule has 6 heterocycles. The Morgan fingerprint density at radius 2 is 1.82 bits per heavy atom. The summed E-state index contributed by atoms with van der Waals surface area (Å²) < 4.78 is 21.5. The lowest BCUT2D eigenvalue weighted by Gasteiger charge is -2.38. The number of rotatable bonds is 5. The van der Waals surface area contributed by atoms with E-state index < -0.39 is 0 Å². The first kappa shape index (κ1) is 24.6. The van der Waals surface area contributed by atoms with Crippen molar-refractivity contribution in [3.63, 3.8) is 0 Å². The number of nitrogens with zero attached hydrogens (tertiary/aromatic N) is 5. The average molecular weight is 545 g/mol. The molecule has 0 aliphatic carbocycles. The van der Waals surface area contributed by atoms with E-state index in [0.717, 1.165) is 44.1 Å². The van der Waals surface area contributed by atoms with Gasteiger partial charge in [0.15, 0.2) is 0 Å². The zero-order valence-electron chi connectivity index (χ0n) is 22.9. The molecule has 0 amide bonds. The average Bonchev–Trinajstić information content (AvgIpc) is 3.64. The molecular weight excluding hydrogens is 507 g/mol. The van der Waals surface area contributed by atoms with Crippen molar-refractivity contribution in [1.29, 1.82) is 0 Å². The third-order valence-corrected chi connectivity index (χ3v) is 10.1. The van der Waals surface area contributed by atoms with Gasteiger partial charge >= 0.3 is 6.01 Å². The first-order chi connectivity index (χ1) is 19.5. The van der Waals surface area contributed by atoms with Crippen LogP contribution in [0.25, 0.3) is 10.8 Å². The van der Waals surface area contributed by atoms with Gasteiger partial charge in [-0.2, -0.15) is 9.97 Å². The summed E-state index contributed by atoms with van der Waals surface area (Å²) in [5.41, 5.74) is 2.94. The van der Waals surface area contributed by atoms with E-state index >= 15 is 4.39 Å². The van der Waals surface area contributed by atoms with Crippen molar-refractivity contribution >= 4 is 22.3 Å². The molecule has 2 unspecified atom stereocenters. The molecule has 3 aromatic rings. The van der Waals surface area contributed by atoms with Crippen molar-refractivity contribution < 1.29 is 14.2 Å². The molecular formula is C31H37FN6O2. The van der Waals surface area contributed by atoms with E-state index in [9.17, 15) is 5.11 Å². The van der Waals surface area contributed by atoms with E-state index in [4.69, 9.17) is 14.7 Å². The van der Waals surface area contributed by atoms with Gasteiger partial charge in [0.2, 0.25) is 0 Å². The number of aromatic hydroxyl groups is 1. The molecule has 9 heteroatoms. The molecule has 5 aliphatic heterocycles. The summed E-state index contributed by atoms with van der Waals surface area (Å²) >= 11 is 0. The summed E-state index contributed by atoms with van der Waals surface area (Å²) in [6.45, 7) is 6.06. The van der Waals surface area contributed by atoms with Crippen LogP contribution in [0, 0.1) is 5.82 Å². The highest BCUT2D eigenvalue weighted by Crippen LogP contribution is 2.40. The first-order valence-electron chi connectivity index (χ1n) is 15.0. The van der Waals surface area contributed by atoms with Crippen molar-refractivity contribution in [3.8, 4) is 11.8 Å². The number of fused-ring (bicyclic) bond motifs is 5. The maximum Gasteiger partial charge on any atom is 0.318 e. The Bertz CT molecular complexity index is 1440. The van der Waals surface area contributed by atoms with Crippen molar-refractivity contribution in [2.45, 2.75) is 69.1 Å². The molecule has 2 aromatic carbocycles. The van der Waals surface area contributed by atoms with Gasteiger partial charge in [-0.15, -0.1) is 0 Å². The van der Waals surface area contributed by atoms with Crippen LogP contribution in [0.2, 0.25) is 0 Å². The van der Waals surface area contributed by atoms with Gasteiger partial charge in [0.25, 0.3) is 0 Å². The largest absolute Gasteiger partial charge is 0.508 e. The third kappa shape index (κ3) is 4.08. The SMILES string of the molecule is Oc1cc(N2CCc3c(nc(OCC45CCCN4CCC5)nc3N3CC4CCC(C3)N4)C2)c2c(F)cccc2c1. The highest BCUT2D eigenvalue weighted by Gasteiger charge is 2.45. The van der Waals surface area contributed by atoms with Crippen LogP contribution < -0.4 is 19.9 Å². The van der Waals surface area contributed by atoms with Gasteiger partial charge in [0.1, 0.15) is 24.0 Å². The lowest BCUT2D eigenvalue weighted by atomic mass is 9.95. The minimum atomic E-state index is -0.279. The van der Waals surface area contributed by atoms with Gasteiger partial charge in [-0.3, -0.25) is 4.90 Å². The zero-order valence-corrected chi connectivity index (χ0v) is 22.9. The van der Waals surface area contributed by atoms with Crippen LogP contribution in [0.1, 0.15) is 49.8 Å². The molecule has 4 saturated heterocycles. The number of halogens is 1. The number of hydrogen-bond acceptors (Lipinski definition) is 8. The summed E-state index contributed by atoms with van der Waals surface area (Å²) in [6, 6.07) is 9.78. The van der Waals surface area contributed by atoms with E-state index in [1.165, 1.54) is 50.2 Å². The number of ether oxygens (including phenoxy) is 1. The summed E-state index contributed by atoms with van der Waals surface area (Å²) in [5.74, 6) is 0.871. The molecule has 2 N–H and O–H groups in total. The zero-order chi connectivity index (χ0) is 26.8. The molecule has 210 valence electrons. The van der Waals surface area contributed by atoms with Gasteiger partial charge in [-0.1, -0.05) is 12.1 Å². The van der Waals surface area contributed by atoms with Crippen LogP contribution in [-0.2, 0) is 13.0 Å². The standard InChI is InChI=1S/C31H37FN6O2/c32-25-5-1-4-20-14-23(39)15-27(28(20)25)36-13-8-24-26(18-36)34-30(40-19-31-9-2-11-38(31)12-3-10-31)35-29(24)37-16-21-6-7-22(17-37)33-21/h1,4-5,14-15,21-22,33,39H,2-3,6-13,16-19H2. The predicted molar refractivity (Wildman–Crippen MR) is 153 cm³/mol. The molecule has 8 rings (SSSR count). The van der Waals surface area contributed by atoms with E-state index in [1.807, 2.05) is 6.07 Å². The van der Waals surface area contributed by atoms with Crippen molar-refractivity contribution in [1.82, 2.24) is 20.2 Å². The third-order valence-electron chi connectivity index (χ3n) is 10.1. The Balaban J connectivity index is 1.15. The molecule has 8 nitrogen and oxygen atoms in total. The smallest absolute Gasteiger partial charge is 0.318 e. The monoisotopic (exact) mass is 544 g/mol. The quantitative estimate of drug-likeness (QED) is 0.500. The topological polar surface area (TPSA) is 77.0 Å². The van der Waals surface area contributed by atoms with Crippen molar-refractivity contribution in [2.75, 3.05) is 49.1 Å². The van der Waals surface area contributed by atoms with Crippen LogP contribution in [-0.4, -0.2) is 76.9 Å². The fourth-order valence-corrected chi connectivity index (χ4v) is 8.14. The Morgan fingerprint density at radius 1 is 1.02 bits per heavy atom. The van der Waals surface area contributed by atoms with Crippen LogP contribution in [0.15, 0.2) is 30.3 Å². The Morgan fingerprint density at radius 3 is 2.62 bits per heavy atom. The van der Waals surface area contributed by atoms with Crippen molar-refractivity contribution in [3.05, 3.63) is 47.4 Å². The van der Waals surface area contributed by atoms with Gasteiger partial charge in [0.05, 0.1) is 23.5 Å². The Kier molecular flexibility index (Phi) is 5.81. The molecule has 2 bridgehead atoms. The van der Waals surface area contributed by atoms with E-state index in [1.54, 1.807) is 18.2 Å². The molecule has 0 radical (unpaired) electrons. The van der Waals surface area contributed by atoms with E-state index in [2.05, 4.69) is 20.0 Å². The first-order valence-corrected chi connectivity index (χ1v) is 15.0. The molecule has 5 aliphatic rings. The fourth-order valence-electron chi connectivity index (χ4n) is 8.14. The molecule has 0 saturated carbocycles. The predicted octanol–water partition coefficient (Wildman–Crippen LogP) is 3.99. The maximum atomic E-state index is 15.1. The molecule has 1 aromatic heterocycles. The number of anilines is 2. The van der Waals surface area contributed by atoms with E-state index in [0.29, 0.717) is 54.3 Å². The Hall–Kier alpha value is -3.17. The van der Waals surface area contributed by atoms with Gasteiger partial charge in [-0.05, 0) is 75.6 Å². The lowest BCUT2D eigenvalue weighted by molar-refractivity contribution is 0.107. The molecule has 0 spiro atoms. The summed E-state index contributed by atoms with van der Waals surface area (Å²) in [5, 5.41) is 15.4. The minimum absolute atomic E-state index is 0.123. The van der Waals surface area contributed by atoms with E-state index in [-0.39, 0.29) is 17.1 Å². The van der Waals surface area contributed by atoms with Crippen LogP contribution in [0.3, 0.4) is 0 Å². The van der Waals surface area contributed by atoms with Gasteiger partial charge < -0.3 is 25.0 Å². The number of benzene rings is 2. The number of nitrogens with one attached hydrogen (secondary N) is 1. The number of aromatic nitrogens is 2. The van der Waals surface area contributed by atoms with Crippen LogP contribution in [0.5, 0.6) is 11.8 Å². The molecule has 2 atom stereocenters. The highest BCUT2D eigenvalue weighted by molar-refractivity contribution is 5.96.